The van der Waals surface area contributed by atoms with Crippen LogP contribution in [-0.4, -0.2) is 25.5 Å². The molecular weight excluding hydrogens is 395 g/mol. The SMILES string of the molecule is Cc1cc(C(=O)N[C@@H](C)c2cccc(F)c2)c2cc(C#Cc3cnc(N)nc3)cnn12. The highest BCUT2D eigenvalue weighted by molar-refractivity contribution is 6.01. The fourth-order valence-corrected chi connectivity index (χ4v) is 3.18. The molecule has 0 saturated heterocycles. The third-order valence-electron chi connectivity index (χ3n) is 4.76. The van der Waals surface area contributed by atoms with Crippen LogP contribution < -0.4 is 11.1 Å². The van der Waals surface area contributed by atoms with Crippen molar-refractivity contribution in [2.24, 2.45) is 0 Å². The van der Waals surface area contributed by atoms with Crippen LogP contribution in [0.25, 0.3) is 5.52 Å². The number of nitrogens with one attached hydrogen (secondary N) is 1. The van der Waals surface area contributed by atoms with Crippen molar-refractivity contribution < 1.29 is 9.18 Å². The third kappa shape index (κ3) is 4.36. The van der Waals surface area contributed by atoms with Crippen LogP contribution in [0.3, 0.4) is 0 Å². The first kappa shape index (κ1) is 20.0. The second kappa shape index (κ2) is 8.24. The van der Waals surface area contributed by atoms with Crippen LogP contribution in [0.4, 0.5) is 10.3 Å². The molecule has 31 heavy (non-hydrogen) atoms. The second-order valence-corrected chi connectivity index (χ2v) is 7.07. The zero-order valence-electron chi connectivity index (χ0n) is 16.9. The molecule has 154 valence electrons. The van der Waals surface area contributed by atoms with Crippen molar-refractivity contribution in [3.05, 3.63) is 88.8 Å². The number of fused-ring (bicyclic) bond motifs is 1. The number of nitrogens with zero attached hydrogens (tertiary/aromatic N) is 4. The molecule has 3 heterocycles. The number of anilines is 1. The van der Waals surface area contributed by atoms with Crippen LogP contribution >= 0.6 is 0 Å². The number of hydrogen-bond donors (Lipinski definition) is 2. The van der Waals surface area contributed by atoms with Gasteiger partial charge in [-0.15, -0.1) is 0 Å². The monoisotopic (exact) mass is 414 g/mol. The minimum atomic E-state index is -0.361. The molecule has 8 heteroatoms. The van der Waals surface area contributed by atoms with E-state index in [9.17, 15) is 9.18 Å². The van der Waals surface area contributed by atoms with Crippen LogP contribution in [0.1, 0.15) is 45.7 Å². The standard InChI is InChI=1S/C23H19FN6O/c1-14-8-20(22(31)29-15(2)18-4-3-5-19(24)10-18)21-9-16(13-28-30(14)21)6-7-17-11-26-23(25)27-12-17/h3-5,8-13,15H,1-2H3,(H,29,31)(H2,25,26,27)/t15-/m0/s1. The molecule has 1 aromatic carbocycles. The summed E-state index contributed by atoms with van der Waals surface area (Å²) in [6, 6.07) is 9.37. The number of carbonyl (C=O) groups is 1. The van der Waals surface area contributed by atoms with Crippen LogP contribution in [0.15, 0.2) is 55.0 Å². The van der Waals surface area contributed by atoms with Gasteiger partial charge in [0.1, 0.15) is 5.82 Å². The lowest BCUT2D eigenvalue weighted by Gasteiger charge is -2.14. The van der Waals surface area contributed by atoms with Crippen molar-refractivity contribution in [2.75, 3.05) is 5.73 Å². The van der Waals surface area contributed by atoms with Crippen LogP contribution in [-0.2, 0) is 0 Å². The number of nitrogen functional groups attached to an aromatic ring is 1. The van der Waals surface area contributed by atoms with Gasteiger partial charge in [0.05, 0.1) is 28.9 Å². The molecular formula is C23H19FN6O. The van der Waals surface area contributed by atoms with Gasteiger partial charge in [-0.05, 0) is 43.7 Å². The molecule has 4 rings (SSSR count). The largest absolute Gasteiger partial charge is 0.368 e. The minimum absolute atomic E-state index is 0.181. The van der Waals surface area contributed by atoms with Crippen molar-refractivity contribution in [1.82, 2.24) is 24.9 Å². The number of aryl methyl sites for hydroxylation is 1. The summed E-state index contributed by atoms with van der Waals surface area (Å²) in [5, 5.41) is 7.31. The molecule has 0 bridgehead atoms. The summed E-state index contributed by atoms with van der Waals surface area (Å²) in [6.07, 6.45) is 4.70. The first-order valence-corrected chi connectivity index (χ1v) is 9.55. The molecule has 0 fully saturated rings. The summed E-state index contributed by atoms with van der Waals surface area (Å²) >= 11 is 0. The molecule has 0 aliphatic rings. The van der Waals surface area contributed by atoms with Crippen LogP contribution in [0.5, 0.6) is 0 Å². The highest BCUT2D eigenvalue weighted by atomic mass is 19.1. The predicted octanol–water partition coefficient (Wildman–Crippen LogP) is 3.04. The van der Waals surface area contributed by atoms with Gasteiger partial charge in [0, 0.05) is 23.7 Å². The molecule has 0 unspecified atom stereocenters. The lowest BCUT2D eigenvalue weighted by atomic mass is 10.1. The zero-order valence-corrected chi connectivity index (χ0v) is 16.9. The zero-order chi connectivity index (χ0) is 22.0. The molecule has 4 aromatic rings. The second-order valence-electron chi connectivity index (χ2n) is 7.07. The Morgan fingerprint density at radius 1 is 1.13 bits per heavy atom. The quantitative estimate of drug-likeness (QED) is 0.502. The van der Waals surface area contributed by atoms with E-state index in [0.717, 1.165) is 5.69 Å². The lowest BCUT2D eigenvalue weighted by Crippen LogP contribution is -2.26. The van der Waals surface area contributed by atoms with Gasteiger partial charge in [-0.1, -0.05) is 24.0 Å². The average molecular weight is 414 g/mol. The highest BCUT2D eigenvalue weighted by Gasteiger charge is 2.17. The van der Waals surface area contributed by atoms with Crippen molar-refractivity contribution in [1.29, 1.82) is 0 Å². The molecule has 0 aliphatic carbocycles. The molecule has 3 N–H and O–H groups in total. The van der Waals surface area contributed by atoms with E-state index in [1.165, 1.54) is 24.5 Å². The number of aromatic nitrogens is 4. The number of hydrogen-bond acceptors (Lipinski definition) is 5. The van der Waals surface area contributed by atoms with E-state index in [-0.39, 0.29) is 23.7 Å². The normalized spacial score (nSPS) is 11.6. The molecule has 7 nitrogen and oxygen atoms in total. The first-order valence-electron chi connectivity index (χ1n) is 9.55. The number of amides is 1. The van der Waals surface area contributed by atoms with E-state index >= 15 is 0 Å². The Morgan fingerprint density at radius 3 is 2.61 bits per heavy atom. The number of rotatable bonds is 3. The maximum absolute atomic E-state index is 13.5. The van der Waals surface area contributed by atoms with E-state index in [1.807, 2.05) is 13.8 Å². The molecule has 0 saturated carbocycles. The van der Waals surface area contributed by atoms with Gasteiger partial charge in [0.25, 0.3) is 5.91 Å². The Balaban J connectivity index is 1.62. The maximum Gasteiger partial charge on any atom is 0.254 e. The smallest absolute Gasteiger partial charge is 0.254 e. The Morgan fingerprint density at radius 2 is 1.87 bits per heavy atom. The molecule has 0 aliphatic heterocycles. The van der Waals surface area contributed by atoms with Gasteiger partial charge in [-0.2, -0.15) is 5.10 Å². The molecule has 0 spiro atoms. The van der Waals surface area contributed by atoms with Gasteiger partial charge >= 0.3 is 0 Å². The highest BCUT2D eigenvalue weighted by Crippen LogP contribution is 2.19. The minimum Gasteiger partial charge on any atom is -0.368 e. The average Bonchev–Trinajstić information content (AvgIpc) is 3.09. The van der Waals surface area contributed by atoms with Crippen molar-refractivity contribution >= 4 is 17.4 Å². The lowest BCUT2D eigenvalue weighted by molar-refractivity contribution is 0.0941. The van der Waals surface area contributed by atoms with Crippen molar-refractivity contribution in [3.63, 3.8) is 0 Å². The van der Waals surface area contributed by atoms with E-state index < -0.39 is 0 Å². The van der Waals surface area contributed by atoms with Gasteiger partial charge < -0.3 is 11.1 Å². The van der Waals surface area contributed by atoms with E-state index in [2.05, 4.69) is 32.2 Å². The summed E-state index contributed by atoms with van der Waals surface area (Å²) in [6.45, 7) is 3.67. The number of halogens is 1. The molecule has 3 aromatic heterocycles. The summed E-state index contributed by atoms with van der Waals surface area (Å²) in [4.78, 5) is 20.8. The molecule has 1 atom stereocenters. The number of benzene rings is 1. The van der Waals surface area contributed by atoms with Crippen LogP contribution in [0, 0.1) is 24.6 Å². The van der Waals surface area contributed by atoms with Gasteiger partial charge in [-0.3, -0.25) is 4.79 Å². The fraction of sp³-hybridized carbons (Fsp3) is 0.130. The van der Waals surface area contributed by atoms with Crippen molar-refractivity contribution in [2.45, 2.75) is 19.9 Å². The first-order chi connectivity index (χ1) is 14.9. The maximum atomic E-state index is 13.5. The molecule has 0 radical (unpaired) electrons. The Labute approximate surface area is 178 Å². The topological polar surface area (TPSA) is 98.2 Å². The van der Waals surface area contributed by atoms with E-state index in [4.69, 9.17) is 5.73 Å². The Bertz CT molecular complexity index is 1330. The number of nitrogens with two attached hydrogens (primary N) is 1. The van der Waals surface area contributed by atoms with Gasteiger partial charge in [0.15, 0.2) is 0 Å². The van der Waals surface area contributed by atoms with Gasteiger partial charge in [0.2, 0.25) is 5.95 Å². The van der Waals surface area contributed by atoms with Gasteiger partial charge in [-0.25, -0.2) is 18.9 Å². The summed E-state index contributed by atoms with van der Waals surface area (Å²) in [5.74, 6) is 5.51. The Kier molecular flexibility index (Phi) is 5.33. The van der Waals surface area contributed by atoms with E-state index in [1.54, 1.807) is 35.0 Å². The predicted molar refractivity (Wildman–Crippen MR) is 115 cm³/mol. The fourth-order valence-electron chi connectivity index (χ4n) is 3.18. The summed E-state index contributed by atoms with van der Waals surface area (Å²) in [7, 11) is 0. The van der Waals surface area contributed by atoms with Crippen LogP contribution in [0.2, 0.25) is 0 Å². The van der Waals surface area contributed by atoms with Crippen molar-refractivity contribution in [3.8, 4) is 11.8 Å². The van der Waals surface area contributed by atoms with E-state index in [0.29, 0.717) is 27.8 Å². The molecule has 1 amide bonds. The third-order valence-corrected chi connectivity index (χ3v) is 4.76. The summed E-state index contributed by atoms with van der Waals surface area (Å²) in [5.41, 5.74) is 9.32. The summed E-state index contributed by atoms with van der Waals surface area (Å²) < 4.78 is 15.2. The number of carbonyl (C=O) groups excluding carboxylic acids is 1. The Hall–Kier alpha value is -4.25.